The molecule has 0 amide bonds. The van der Waals surface area contributed by atoms with Crippen molar-refractivity contribution in [3.63, 3.8) is 0 Å². The molecule has 0 saturated heterocycles. The minimum atomic E-state index is -4.38. The number of carbonyl (C=O) groups is 2. The van der Waals surface area contributed by atoms with Gasteiger partial charge < -0.3 is 20.1 Å². The predicted molar refractivity (Wildman–Crippen MR) is 201 cm³/mol. The highest BCUT2D eigenvalue weighted by Crippen LogP contribution is 2.43. The Morgan fingerprint density at radius 1 is 0.633 bits per heavy atom. The minimum absolute atomic E-state index is 0.0480. The highest BCUT2D eigenvalue weighted by molar-refractivity contribution is 7.47. The zero-order valence-electron chi connectivity index (χ0n) is 30.9. The molecule has 0 radical (unpaired) electrons. The second kappa shape index (κ2) is 35.8. The Morgan fingerprint density at radius 2 is 1.12 bits per heavy atom. The lowest BCUT2D eigenvalue weighted by atomic mass is 10.0. The number of phosphoric ester groups is 1. The molecule has 3 N–H and O–H groups in total. The number of allylic oxidation sites excluding steroid dienone is 8. The molecule has 0 aliphatic rings. The molecule has 9 nitrogen and oxygen atoms in total. The first kappa shape index (κ1) is 47.0. The smallest absolute Gasteiger partial charge is 0.462 e. The molecule has 284 valence electrons. The molecule has 10 heteroatoms. The quantitative estimate of drug-likeness (QED) is 0.0285. The van der Waals surface area contributed by atoms with E-state index in [1.807, 2.05) is 30.4 Å². The zero-order chi connectivity index (χ0) is 36.1. The van der Waals surface area contributed by atoms with E-state index in [1.54, 1.807) is 0 Å². The Morgan fingerprint density at radius 3 is 1.67 bits per heavy atom. The van der Waals surface area contributed by atoms with Crippen molar-refractivity contribution in [1.29, 1.82) is 0 Å². The van der Waals surface area contributed by atoms with Gasteiger partial charge in [-0.2, -0.15) is 0 Å². The lowest BCUT2D eigenvalue weighted by Crippen LogP contribution is -2.29. The van der Waals surface area contributed by atoms with Crippen LogP contribution in [0.3, 0.4) is 0 Å². The number of ether oxygens (including phenoxy) is 2. The normalized spacial score (nSPS) is 14.0. The maximum Gasteiger partial charge on any atom is 0.472 e. The largest absolute Gasteiger partial charge is 0.472 e. The molecule has 0 aromatic carbocycles. The number of unbranched alkanes of at least 4 members (excludes halogenated alkanes) is 17. The van der Waals surface area contributed by atoms with E-state index >= 15 is 0 Å². The third-order valence-corrected chi connectivity index (χ3v) is 8.81. The van der Waals surface area contributed by atoms with Gasteiger partial charge in [0.1, 0.15) is 6.61 Å². The summed E-state index contributed by atoms with van der Waals surface area (Å²) in [7, 11) is -4.38. The number of phosphoric acid groups is 1. The first-order valence-electron chi connectivity index (χ1n) is 19.2. The predicted octanol–water partition coefficient (Wildman–Crippen LogP) is 10.4. The van der Waals surface area contributed by atoms with Crippen LogP contribution in [-0.4, -0.2) is 49.3 Å². The van der Waals surface area contributed by atoms with E-state index in [4.69, 9.17) is 24.3 Å². The number of nitrogens with two attached hydrogens (primary N) is 1. The Hall–Kier alpha value is -2.03. The number of hydrogen-bond acceptors (Lipinski definition) is 8. The average molecular weight is 712 g/mol. The zero-order valence-corrected chi connectivity index (χ0v) is 31.8. The maximum atomic E-state index is 12.5. The van der Waals surface area contributed by atoms with Gasteiger partial charge >= 0.3 is 19.8 Å². The first-order chi connectivity index (χ1) is 23.8. The van der Waals surface area contributed by atoms with Crippen molar-refractivity contribution in [3.05, 3.63) is 48.6 Å². The summed E-state index contributed by atoms with van der Waals surface area (Å²) in [5.74, 6) is -0.857. The Kier molecular flexibility index (Phi) is 34.3. The topological polar surface area (TPSA) is 134 Å². The van der Waals surface area contributed by atoms with Crippen LogP contribution in [0.4, 0.5) is 0 Å². The molecule has 0 aliphatic carbocycles. The summed E-state index contributed by atoms with van der Waals surface area (Å²) in [5, 5.41) is 0. The van der Waals surface area contributed by atoms with Crippen LogP contribution in [0.15, 0.2) is 48.6 Å². The van der Waals surface area contributed by atoms with Gasteiger partial charge in [0.15, 0.2) is 6.10 Å². The third kappa shape index (κ3) is 35.6. The van der Waals surface area contributed by atoms with Crippen molar-refractivity contribution < 1.29 is 37.6 Å². The van der Waals surface area contributed by atoms with E-state index in [9.17, 15) is 19.0 Å². The summed E-state index contributed by atoms with van der Waals surface area (Å²) >= 11 is 0. The summed E-state index contributed by atoms with van der Waals surface area (Å²) in [6, 6.07) is 0. The Balaban J connectivity index is 4.27. The fourth-order valence-corrected chi connectivity index (χ4v) is 5.76. The van der Waals surface area contributed by atoms with Gasteiger partial charge in [-0.05, 0) is 32.1 Å². The van der Waals surface area contributed by atoms with E-state index < -0.39 is 32.5 Å². The van der Waals surface area contributed by atoms with Gasteiger partial charge in [0.25, 0.3) is 0 Å². The van der Waals surface area contributed by atoms with E-state index in [0.29, 0.717) is 6.42 Å². The summed E-state index contributed by atoms with van der Waals surface area (Å²) in [4.78, 5) is 34.7. The van der Waals surface area contributed by atoms with E-state index in [2.05, 4.69) is 32.1 Å². The van der Waals surface area contributed by atoms with Gasteiger partial charge in [-0.1, -0.05) is 159 Å². The van der Waals surface area contributed by atoms with Gasteiger partial charge in [-0.15, -0.1) is 0 Å². The monoisotopic (exact) mass is 711 g/mol. The molecule has 0 aromatic rings. The van der Waals surface area contributed by atoms with Gasteiger partial charge in [-0.3, -0.25) is 18.6 Å². The summed E-state index contributed by atoms with van der Waals surface area (Å²) in [6.07, 6.45) is 38.5. The lowest BCUT2D eigenvalue weighted by Gasteiger charge is -2.19. The highest BCUT2D eigenvalue weighted by atomic mass is 31.2. The SMILES string of the molecule is CC/C=C/C=C/C=C/C=C/CCCCCCCC(=O)O[C@H](COC(=O)CCCCCCCCCCCCCCC)COP(=O)(O)OCCN. The fourth-order valence-electron chi connectivity index (χ4n) is 5.00. The molecule has 0 heterocycles. The van der Waals surface area contributed by atoms with Crippen molar-refractivity contribution in [2.24, 2.45) is 5.73 Å². The van der Waals surface area contributed by atoms with Crippen LogP contribution in [0, 0.1) is 0 Å². The van der Waals surface area contributed by atoms with Crippen LogP contribution in [0.2, 0.25) is 0 Å². The van der Waals surface area contributed by atoms with Gasteiger partial charge in [0.05, 0.1) is 13.2 Å². The Labute approximate surface area is 298 Å². The highest BCUT2D eigenvalue weighted by Gasteiger charge is 2.25. The molecule has 0 rings (SSSR count). The van der Waals surface area contributed by atoms with Gasteiger partial charge in [0, 0.05) is 19.4 Å². The molecule has 0 saturated carbocycles. The average Bonchev–Trinajstić information content (AvgIpc) is 3.08. The maximum absolute atomic E-state index is 12.5. The van der Waals surface area contributed by atoms with Crippen LogP contribution >= 0.6 is 7.82 Å². The van der Waals surface area contributed by atoms with Crippen molar-refractivity contribution >= 4 is 19.8 Å². The van der Waals surface area contributed by atoms with Crippen LogP contribution in [-0.2, 0) is 32.7 Å². The van der Waals surface area contributed by atoms with Crippen molar-refractivity contribution in [2.45, 2.75) is 161 Å². The molecule has 0 aromatic heterocycles. The molecular formula is C39H70NO8P. The van der Waals surface area contributed by atoms with Gasteiger partial charge in [0.2, 0.25) is 0 Å². The fraction of sp³-hybridized carbons (Fsp3) is 0.744. The van der Waals surface area contributed by atoms with Crippen LogP contribution in [0.5, 0.6) is 0 Å². The number of rotatable bonds is 35. The van der Waals surface area contributed by atoms with Crippen molar-refractivity contribution in [2.75, 3.05) is 26.4 Å². The molecule has 1 unspecified atom stereocenters. The van der Waals surface area contributed by atoms with E-state index in [-0.39, 0.29) is 32.6 Å². The van der Waals surface area contributed by atoms with Crippen molar-refractivity contribution in [3.8, 4) is 0 Å². The second-order valence-electron chi connectivity index (χ2n) is 12.5. The van der Waals surface area contributed by atoms with E-state index in [1.165, 1.54) is 64.2 Å². The minimum Gasteiger partial charge on any atom is -0.462 e. The van der Waals surface area contributed by atoms with Crippen LogP contribution < -0.4 is 5.73 Å². The summed E-state index contributed by atoms with van der Waals surface area (Å²) in [5.41, 5.74) is 5.33. The summed E-state index contributed by atoms with van der Waals surface area (Å²) < 4.78 is 32.6. The van der Waals surface area contributed by atoms with Crippen molar-refractivity contribution in [1.82, 2.24) is 0 Å². The molecule has 0 spiro atoms. The molecular weight excluding hydrogens is 641 g/mol. The number of esters is 2. The molecule has 2 atom stereocenters. The Bertz CT molecular complexity index is 949. The molecule has 49 heavy (non-hydrogen) atoms. The molecule has 0 fully saturated rings. The van der Waals surface area contributed by atoms with Gasteiger partial charge in [-0.25, -0.2) is 4.57 Å². The van der Waals surface area contributed by atoms with Crippen LogP contribution in [0.1, 0.15) is 155 Å². The lowest BCUT2D eigenvalue weighted by molar-refractivity contribution is -0.161. The standard InChI is InChI=1S/C39H70NO8P/c1-3-5-7-9-11-13-15-17-18-20-22-24-26-28-30-32-39(42)48-37(36-47-49(43,44)46-34-33-40)35-45-38(41)31-29-27-25-23-21-19-16-14-12-10-8-6-4-2/h5,7,9,11,13,15,17-18,37H,3-4,6,8,10,12,14,16,19-36,40H2,1-2H3,(H,43,44)/b7-5+,11-9+,15-13+,18-17+/t37-/m1/s1. The van der Waals surface area contributed by atoms with E-state index in [0.717, 1.165) is 57.8 Å². The number of hydrogen-bond donors (Lipinski definition) is 2. The van der Waals surface area contributed by atoms with Crippen LogP contribution in [0.25, 0.3) is 0 Å². The second-order valence-corrected chi connectivity index (χ2v) is 14.0. The third-order valence-electron chi connectivity index (χ3n) is 7.82. The summed E-state index contributed by atoms with van der Waals surface area (Å²) in [6.45, 7) is 3.55. The number of carbonyl (C=O) groups excluding carboxylic acids is 2. The molecule has 0 bridgehead atoms. The molecule has 0 aliphatic heterocycles. The first-order valence-corrected chi connectivity index (χ1v) is 20.7.